The first-order valence-corrected chi connectivity index (χ1v) is 6.17. The van der Waals surface area contributed by atoms with Crippen molar-refractivity contribution in [1.82, 2.24) is 10.3 Å². The fourth-order valence-corrected chi connectivity index (χ4v) is 3.42. The monoisotopic (exact) mass is 209 g/mol. The number of rotatable bonds is 4. The molecule has 1 aliphatic heterocycles. The van der Waals surface area contributed by atoms with E-state index in [1.807, 2.05) is 6.08 Å². The molecule has 1 heterocycles. The van der Waals surface area contributed by atoms with E-state index in [4.69, 9.17) is 5.84 Å². The Kier molecular flexibility index (Phi) is 3.44. The van der Waals surface area contributed by atoms with Crippen LogP contribution in [0.25, 0.3) is 0 Å². The van der Waals surface area contributed by atoms with Crippen molar-refractivity contribution in [3.05, 3.63) is 12.7 Å². The summed E-state index contributed by atoms with van der Waals surface area (Å²) in [4.78, 5) is 2.65. The van der Waals surface area contributed by atoms with Crippen LogP contribution in [-0.4, -0.2) is 29.6 Å². The summed E-state index contributed by atoms with van der Waals surface area (Å²) in [6.07, 6.45) is 9.89. The van der Waals surface area contributed by atoms with Gasteiger partial charge in [-0.05, 0) is 38.8 Å². The highest BCUT2D eigenvalue weighted by Crippen LogP contribution is 2.40. The molecule has 2 rings (SSSR count). The van der Waals surface area contributed by atoms with Crippen LogP contribution in [0.3, 0.4) is 0 Å². The Labute approximate surface area is 92.7 Å². The zero-order valence-corrected chi connectivity index (χ0v) is 9.54. The molecule has 0 radical (unpaired) electrons. The van der Waals surface area contributed by atoms with Crippen LogP contribution in [0.5, 0.6) is 0 Å². The standard InChI is InChI=1S/C12H23N3/c1-2-11(14-13)12(7-3-4-8-12)15-9-5-6-10-15/h2,11,14H,1,3-10,13H2. The minimum Gasteiger partial charge on any atom is -0.296 e. The molecule has 2 fully saturated rings. The van der Waals surface area contributed by atoms with Gasteiger partial charge in [-0.25, -0.2) is 0 Å². The molecule has 0 bridgehead atoms. The molecule has 2 aliphatic rings. The fraction of sp³-hybridized carbons (Fsp3) is 0.833. The summed E-state index contributed by atoms with van der Waals surface area (Å²) in [7, 11) is 0. The average molecular weight is 209 g/mol. The van der Waals surface area contributed by atoms with Gasteiger partial charge in [-0.15, -0.1) is 6.58 Å². The van der Waals surface area contributed by atoms with Crippen LogP contribution in [0.15, 0.2) is 12.7 Å². The lowest BCUT2D eigenvalue weighted by molar-refractivity contribution is 0.0944. The first kappa shape index (κ1) is 11.1. The van der Waals surface area contributed by atoms with Gasteiger partial charge in [-0.1, -0.05) is 18.9 Å². The van der Waals surface area contributed by atoms with Crippen LogP contribution >= 0.6 is 0 Å². The molecule has 0 aromatic rings. The van der Waals surface area contributed by atoms with E-state index in [1.54, 1.807) is 0 Å². The van der Waals surface area contributed by atoms with Gasteiger partial charge in [0.15, 0.2) is 0 Å². The summed E-state index contributed by atoms with van der Waals surface area (Å²) in [6, 6.07) is 0.248. The van der Waals surface area contributed by atoms with Gasteiger partial charge in [0, 0.05) is 5.54 Å². The molecule has 1 atom stereocenters. The summed E-state index contributed by atoms with van der Waals surface area (Å²) >= 11 is 0. The van der Waals surface area contributed by atoms with Crippen LogP contribution in [0, 0.1) is 0 Å². The zero-order chi connectivity index (χ0) is 10.7. The molecule has 1 saturated heterocycles. The van der Waals surface area contributed by atoms with Crippen molar-refractivity contribution in [1.29, 1.82) is 0 Å². The predicted molar refractivity (Wildman–Crippen MR) is 63.3 cm³/mol. The van der Waals surface area contributed by atoms with Gasteiger partial charge in [-0.2, -0.15) is 0 Å². The van der Waals surface area contributed by atoms with Crippen molar-refractivity contribution < 1.29 is 0 Å². The second kappa shape index (κ2) is 4.64. The van der Waals surface area contributed by atoms with Crippen LogP contribution in [-0.2, 0) is 0 Å². The fourth-order valence-electron chi connectivity index (χ4n) is 3.42. The first-order valence-electron chi connectivity index (χ1n) is 6.17. The minimum absolute atomic E-state index is 0.248. The van der Waals surface area contributed by atoms with Crippen molar-refractivity contribution >= 4 is 0 Å². The third-order valence-electron chi connectivity index (χ3n) is 4.20. The van der Waals surface area contributed by atoms with E-state index in [0.29, 0.717) is 0 Å². The highest BCUT2D eigenvalue weighted by molar-refractivity contribution is 5.10. The summed E-state index contributed by atoms with van der Waals surface area (Å²) in [5.74, 6) is 5.67. The van der Waals surface area contributed by atoms with Crippen LogP contribution in [0.2, 0.25) is 0 Å². The van der Waals surface area contributed by atoms with Gasteiger partial charge >= 0.3 is 0 Å². The zero-order valence-electron chi connectivity index (χ0n) is 9.54. The van der Waals surface area contributed by atoms with Crippen LogP contribution < -0.4 is 11.3 Å². The molecule has 0 spiro atoms. The number of nitrogens with zero attached hydrogens (tertiary/aromatic N) is 1. The second-order valence-corrected chi connectivity index (χ2v) is 4.88. The Bertz CT molecular complexity index is 215. The van der Waals surface area contributed by atoms with E-state index in [-0.39, 0.29) is 11.6 Å². The highest BCUT2D eigenvalue weighted by atomic mass is 15.3. The van der Waals surface area contributed by atoms with Gasteiger partial charge in [-0.3, -0.25) is 16.2 Å². The van der Waals surface area contributed by atoms with Crippen molar-refractivity contribution in [3.8, 4) is 0 Å². The van der Waals surface area contributed by atoms with Gasteiger partial charge in [0.05, 0.1) is 6.04 Å². The van der Waals surface area contributed by atoms with Crippen LogP contribution in [0.1, 0.15) is 38.5 Å². The summed E-state index contributed by atoms with van der Waals surface area (Å²) in [6.45, 7) is 6.41. The van der Waals surface area contributed by atoms with Crippen molar-refractivity contribution in [2.45, 2.75) is 50.1 Å². The number of hydrogen-bond acceptors (Lipinski definition) is 3. The molecule has 3 nitrogen and oxygen atoms in total. The van der Waals surface area contributed by atoms with Crippen LogP contribution in [0.4, 0.5) is 0 Å². The Morgan fingerprint density at radius 3 is 2.27 bits per heavy atom. The molecule has 86 valence electrons. The maximum atomic E-state index is 5.67. The molecule has 3 heteroatoms. The summed E-state index contributed by atoms with van der Waals surface area (Å²) < 4.78 is 0. The van der Waals surface area contributed by atoms with Gasteiger partial charge in [0.25, 0.3) is 0 Å². The molecular formula is C12H23N3. The third-order valence-corrected chi connectivity index (χ3v) is 4.20. The molecule has 0 aromatic carbocycles. The quantitative estimate of drug-likeness (QED) is 0.418. The Hall–Kier alpha value is -0.380. The first-order chi connectivity index (χ1) is 7.33. The maximum Gasteiger partial charge on any atom is 0.0572 e. The van der Waals surface area contributed by atoms with E-state index in [0.717, 1.165) is 0 Å². The lowest BCUT2D eigenvalue weighted by atomic mass is 9.86. The largest absolute Gasteiger partial charge is 0.296 e. The average Bonchev–Trinajstić information content (AvgIpc) is 2.90. The lowest BCUT2D eigenvalue weighted by Crippen LogP contribution is -2.59. The topological polar surface area (TPSA) is 41.3 Å². The van der Waals surface area contributed by atoms with Crippen molar-refractivity contribution in [2.75, 3.05) is 13.1 Å². The molecular weight excluding hydrogens is 186 g/mol. The second-order valence-electron chi connectivity index (χ2n) is 4.88. The highest BCUT2D eigenvalue weighted by Gasteiger charge is 2.45. The molecule has 15 heavy (non-hydrogen) atoms. The molecule has 1 saturated carbocycles. The molecule has 1 aliphatic carbocycles. The number of likely N-dealkylation sites (tertiary alicyclic amines) is 1. The third kappa shape index (κ3) is 1.84. The molecule has 0 aromatic heterocycles. The van der Waals surface area contributed by atoms with Gasteiger partial charge in [0.1, 0.15) is 0 Å². The minimum atomic E-state index is 0.248. The predicted octanol–water partition coefficient (Wildman–Crippen LogP) is 1.41. The Morgan fingerprint density at radius 1 is 1.20 bits per heavy atom. The smallest absolute Gasteiger partial charge is 0.0572 e. The lowest BCUT2D eigenvalue weighted by Gasteiger charge is -2.43. The summed E-state index contributed by atoms with van der Waals surface area (Å²) in [5.41, 5.74) is 3.22. The Morgan fingerprint density at radius 2 is 1.80 bits per heavy atom. The van der Waals surface area contributed by atoms with E-state index in [1.165, 1.54) is 51.6 Å². The van der Waals surface area contributed by atoms with E-state index < -0.39 is 0 Å². The maximum absolute atomic E-state index is 5.67. The molecule has 0 amide bonds. The molecule has 1 unspecified atom stereocenters. The van der Waals surface area contributed by atoms with E-state index >= 15 is 0 Å². The summed E-state index contributed by atoms with van der Waals surface area (Å²) in [5, 5.41) is 0. The van der Waals surface area contributed by atoms with Gasteiger partial charge in [0.2, 0.25) is 0 Å². The normalized spacial score (nSPS) is 28.1. The number of nitrogens with one attached hydrogen (secondary N) is 1. The number of nitrogens with two attached hydrogens (primary N) is 1. The van der Waals surface area contributed by atoms with E-state index in [2.05, 4.69) is 16.9 Å². The number of hydrogen-bond donors (Lipinski definition) is 2. The SMILES string of the molecule is C=CC(NN)C1(N2CCCC2)CCCC1. The van der Waals surface area contributed by atoms with E-state index in [9.17, 15) is 0 Å². The van der Waals surface area contributed by atoms with Gasteiger partial charge < -0.3 is 0 Å². The van der Waals surface area contributed by atoms with Crippen molar-refractivity contribution in [3.63, 3.8) is 0 Å². The number of hydrazine groups is 1. The Balaban J connectivity index is 2.17. The molecule has 3 N–H and O–H groups in total. The van der Waals surface area contributed by atoms with Crippen molar-refractivity contribution in [2.24, 2.45) is 5.84 Å².